The third-order valence-corrected chi connectivity index (χ3v) is 4.50. The van der Waals surface area contributed by atoms with Crippen molar-refractivity contribution in [1.29, 1.82) is 0 Å². The molecule has 130 valence electrons. The molecule has 2 aromatic rings. The van der Waals surface area contributed by atoms with Crippen molar-refractivity contribution in [2.24, 2.45) is 11.8 Å². The SMILES string of the molecule is Cc1nc(C(=O)Nc2cnccc2C2=CC(C)CC(C)C2)ccc1F. The third-order valence-electron chi connectivity index (χ3n) is 4.50. The number of anilines is 1. The van der Waals surface area contributed by atoms with E-state index in [0.717, 1.165) is 12.0 Å². The molecular weight excluding hydrogens is 317 g/mol. The maximum absolute atomic E-state index is 13.4. The maximum atomic E-state index is 13.4. The van der Waals surface area contributed by atoms with E-state index in [1.807, 2.05) is 6.07 Å². The molecule has 1 aliphatic carbocycles. The fourth-order valence-electron chi connectivity index (χ4n) is 3.40. The van der Waals surface area contributed by atoms with Crippen LogP contribution in [0.2, 0.25) is 0 Å². The van der Waals surface area contributed by atoms with Gasteiger partial charge < -0.3 is 5.32 Å². The zero-order valence-corrected chi connectivity index (χ0v) is 14.7. The van der Waals surface area contributed by atoms with Gasteiger partial charge in [-0.1, -0.05) is 19.9 Å². The largest absolute Gasteiger partial charge is 0.319 e. The summed E-state index contributed by atoms with van der Waals surface area (Å²) >= 11 is 0. The molecule has 0 spiro atoms. The highest BCUT2D eigenvalue weighted by atomic mass is 19.1. The Morgan fingerprint density at radius 1 is 1.28 bits per heavy atom. The number of hydrogen-bond acceptors (Lipinski definition) is 3. The molecule has 0 bridgehead atoms. The fourth-order valence-corrected chi connectivity index (χ4v) is 3.40. The second-order valence-corrected chi connectivity index (χ2v) is 6.85. The summed E-state index contributed by atoms with van der Waals surface area (Å²) in [6, 6.07) is 4.57. The van der Waals surface area contributed by atoms with Crippen molar-refractivity contribution >= 4 is 17.2 Å². The molecule has 2 atom stereocenters. The number of pyridine rings is 2. The van der Waals surface area contributed by atoms with Gasteiger partial charge in [0.15, 0.2) is 0 Å². The molecule has 3 rings (SSSR count). The van der Waals surface area contributed by atoms with Gasteiger partial charge in [-0.05, 0) is 55.4 Å². The smallest absolute Gasteiger partial charge is 0.274 e. The summed E-state index contributed by atoms with van der Waals surface area (Å²) in [5, 5.41) is 2.87. The van der Waals surface area contributed by atoms with Gasteiger partial charge >= 0.3 is 0 Å². The van der Waals surface area contributed by atoms with Crippen molar-refractivity contribution in [2.75, 3.05) is 5.32 Å². The van der Waals surface area contributed by atoms with Crippen molar-refractivity contribution in [2.45, 2.75) is 33.6 Å². The molecule has 1 aliphatic rings. The predicted octanol–water partition coefficient (Wildman–Crippen LogP) is 4.63. The van der Waals surface area contributed by atoms with Crippen LogP contribution in [0.5, 0.6) is 0 Å². The molecule has 4 nitrogen and oxygen atoms in total. The van der Waals surface area contributed by atoms with Crippen molar-refractivity contribution in [3.63, 3.8) is 0 Å². The van der Waals surface area contributed by atoms with Gasteiger partial charge in [0, 0.05) is 11.8 Å². The summed E-state index contributed by atoms with van der Waals surface area (Å²) in [5.41, 5.74) is 3.27. The standard InChI is InChI=1S/C20H22FN3O/c1-12-8-13(2)10-15(9-12)16-6-7-22-11-19(16)24-20(25)18-5-4-17(21)14(3)23-18/h4-7,9,11-13H,8,10H2,1-3H3,(H,24,25). The van der Waals surface area contributed by atoms with Crippen LogP contribution < -0.4 is 5.32 Å². The number of aryl methyl sites for hydroxylation is 1. The summed E-state index contributed by atoms with van der Waals surface area (Å²) in [7, 11) is 0. The summed E-state index contributed by atoms with van der Waals surface area (Å²) in [5.74, 6) is 0.328. The number of nitrogens with zero attached hydrogens (tertiary/aromatic N) is 2. The lowest BCUT2D eigenvalue weighted by Crippen LogP contribution is -2.16. The summed E-state index contributed by atoms with van der Waals surface area (Å²) in [4.78, 5) is 20.6. The van der Waals surface area contributed by atoms with E-state index < -0.39 is 5.82 Å². The van der Waals surface area contributed by atoms with Gasteiger partial charge in [-0.3, -0.25) is 9.78 Å². The van der Waals surface area contributed by atoms with Crippen LogP contribution in [0.4, 0.5) is 10.1 Å². The Labute approximate surface area is 147 Å². The Bertz CT molecular complexity index is 831. The number of allylic oxidation sites excluding steroid dienone is 2. The fraction of sp³-hybridized carbons (Fsp3) is 0.350. The molecule has 1 N–H and O–H groups in total. The first-order chi connectivity index (χ1) is 11.9. The van der Waals surface area contributed by atoms with Crippen LogP contribution in [-0.2, 0) is 0 Å². The molecule has 0 aromatic carbocycles. The van der Waals surface area contributed by atoms with Gasteiger partial charge in [0.1, 0.15) is 11.5 Å². The second kappa shape index (κ2) is 7.13. The topological polar surface area (TPSA) is 54.9 Å². The van der Waals surface area contributed by atoms with Gasteiger partial charge in [0.2, 0.25) is 0 Å². The lowest BCUT2D eigenvalue weighted by molar-refractivity contribution is 0.102. The highest BCUT2D eigenvalue weighted by Gasteiger charge is 2.20. The number of carbonyl (C=O) groups excluding carboxylic acids is 1. The predicted molar refractivity (Wildman–Crippen MR) is 96.7 cm³/mol. The van der Waals surface area contributed by atoms with Crippen LogP contribution in [0, 0.1) is 24.6 Å². The number of nitrogens with one attached hydrogen (secondary N) is 1. The van der Waals surface area contributed by atoms with Crippen LogP contribution in [0.1, 0.15) is 48.4 Å². The molecule has 2 aromatic heterocycles. The van der Waals surface area contributed by atoms with Gasteiger partial charge in [0.25, 0.3) is 5.91 Å². The van der Waals surface area contributed by atoms with Crippen molar-refractivity contribution < 1.29 is 9.18 Å². The highest BCUT2D eigenvalue weighted by Crippen LogP contribution is 2.36. The zero-order valence-electron chi connectivity index (χ0n) is 14.7. The van der Waals surface area contributed by atoms with E-state index in [1.165, 1.54) is 31.1 Å². The average molecular weight is 339 g/mol. The van der Waals surface area contributed by atoms with Crippen molar-refractivity contribution in [3.8, 4) is 0 Å². The first-order valence-corrected chi connectivity index (χ1v) is 8.53. The third kappa shape index (κ3) is 3.92. The van der Waals surface area contributed by atoms with Gasteiger partial charge in [0.05, 0.1) is 17.6 Å². The van der Waals surface area contributed by atoms with Crippen LogP contribution in [0.3, 0.4) is 0 Å². The number of carbonyl (C=O) groups is 1. The summed E-state index contributed by atoms with van der Waals surface area (Å²) in [6.45, 7) is 5.99. The molecule has 0 saturated heterocycles. The van der Waals surface area contributed by atoms with Gasteiger partial charge in [-0.25, -0.2) is 9.37 Å². The monoisotopic (exact) mass is 339 g/mol. The van der Waals surface area contributed by atoms with Crippen LogP contribution in [0.15, 0.2) is 36.7 Å². The van der Waals surface area contributed by atoms with E-state index in [2.05, 4.69) is 35.2 Å². The summed E-state index contributed by atoms with van der Waals surface area (Å²) < 4.78 is 13.4. The molecular formula is C20H22FN3O. The first kappa shape index (κ1) is 17.3. The number of amides is 1. The van der Waals surface area contributed by atoms with E-state index in [-0.39, 0.29) is 17.3 Å². The van der Waals surface area contributed by atoms with E-state index >= 15 is 0 Å². The quantitative estimate of drug-likeness (QED) is 0.887. The highest BCUT2D eigenvalue weighted by molar-refractivity contribution is 6.04. The Morgan fingerprint density at radius 3 is 2.80 bits per heavy atom. The molecule has 2 heterocycles. The van der Waals surface area contributed by atoms with E-state index in [0.29, 0.717) is 17.5 Å². The number of halogens is 1. The minimum atomic E-state index is -0.422. The minimum absolute atomic E-state index is 0.188. The van der Waals surface area contributed by atoms with Crippen LogP contribution >= 0.6 is 0 Å². The number of aromatic nitrogens is 2. The molecule has 0 saturated carbocycles. The van der Waals surface area contributed by atoms with Crippen LogP contribution in [0.25, 0.3) is 5.57 Å². The molecule has 1 amide bonds. The molecule has 5 heteroatoms. The number of rotatable bonds is 3. The molecule has 0 aliphatic heterocycles. The average Bonchev–Trinajstić information content (AvgIpc) is 2.57. The minimum Gasteiger partial charge on any atom is -0.319 e. The second-order valence-electron chi connectivity index (χ2n) is 6.85. The lowest BCUT2D eigenvalue weighted by Gasteiger charge is -2.25. The van der Waals surface area contributed by atoms with E-state index in [9.17, 15) is 9.18 Å². The van der Waals surface area contributed by atoms with Crippen LogP contribution in [-0.4, -0.2) is 15.9 Å². The van der Waals surface area contributed by atoms with Gasteiger partial charge in [-0.15, -0.1) is 0 Å². The lowest BCUT2D eigenvalue weighted by atomic mass is 9.81. The Balaban J connectivity index is 1.88. The Hall–Kier alpha value is -2.56. The van der Waals surface area contributed by atoms with Crippen molar-refractivity contribution in [1.82, 2.24) is 9.97 Å². The Kier molecular flexibility index (Phi) is 4.93. The van der Waals surface area contributed by atoms with E-state index in [1.54, 1.807) is 12.4 Å². The van der Waals surface area contributed by atoms with E-state index in [4.69, 9.17) is 0 Å². The van der Waals surface area contributed by atoms with Crippen molar-refractivity contribution in [3.05, 3.63) is 59.4 Å². The number of hydrogen-bond donors (Lipinski definition) is 1. The molecule has 0 radical (unpaired) electrons. The molecule has 0 fully saturated rings. The molecule has 25 heavy (non-hydrogen) atoms. The summed E-state index contributed by atoms with van der Waals surface area (Å²) in [6.07, 6.45) is 7.80. The zero-order chi connectivity index (χ0) is 18.0. The maximum Gasteiger partial charge on any atom is 0.274 e. The molecule has 2 unspecified atom stereocenters. The van der Waals surface area contributed by atoms with Gasteiger partial charge in [-0.2, -0.15) is 0 Å². The Morgan fingerprint density at radius 2 is 2.08 bits per heavy atom. The normalized spacial score (nSPS) is 20.1. The first-order valence-electron chi connectivity index (χ1n) is 8.53.